The number of nitrogens with one attached hydrogen (secondary N) is 1. The average molecular weight is 295 g/mol. The molecule has 1 amide bonds. The van der Waals surface area contributed by atoms with Crippen LogP contribution in [0, 0.1) is 5.92 Å². The summed E-state index contributed by atoms with van der Waals surface area (Å²) in [5, 5.41) is 3.33. The van der Waals surface area contributed by atoms with Crippen LogP contribution in [0.1, 0.15) is 30.7 Å². The number of likely N-dealkylation sites (tertiary alicyclic amines) is 1. The summed E-state index contributed by atoms with van der Waals surface area (Å²) >= 11 is 0. The fourth-order valence-electron chi connectivity index (χ4n) is 3.28. The topological polar surface area (TPSA) is 32.3 Å². The third-order valence-electron chi connectivity index (χ3n) is 4.42. The van der Waals surface area contributed by atoms with Gasteiger partial charge < -0.3 is 10.2 Å². The van der Waals surface area contributed by atoms with Crippen molar-refractivity contribution in [1.82, 2.24) is 10.2 Å². The second-order valence-electron chi connectivity index (χ2n) is 5.72. The van der Waals surface area contributed by atoms with E-state index in [0.717, 1.165) is 45.4 Å². The van der Waals surface area contributed by atoms with Gasteiger partial charge in [-0.15, -0.1) is 12.4 Å². The first-order valence-electron chi connectivity index (χ1n) is 7.39. The predicted octanol–water partition coefficient (Wildman–Crippen LogP) is 2.42. The van der Waals surface area contributed by atoms with E-state index in [1.165, 1.54) is 5.56 Å². The van der Waals surface area contributed by atoms with Crippen LogP contribution in [0.3, 0.4) is 0 Å². The fraction of sp³-hybridized carbons (Fsp3) is 0.562. The average Bonchev–Trinajstić information content (AvgIpc) is 2.98. The van der Waals surface area contributed by atoms with Crippen molar-refractivity contribution in [2.24, 2.45) is 5.92 Å². The van der Waals surface area contributed by atoms with Crippen molar-refractivity contribution in [1.29, 1.82) is 0 Å². The van der Waals surface area contributed by atoms with E-state index >= 15 is 0 Å². The molecule has 110 valence electrons. The Hall–Kier alpha value is -1.06. The van der Waals surface area contributed by atoms with E-state index in [4.69, 9.17) is 0 Å². The summed E-state index contributed by atoms with van der Waals surface area (Å²) in [4.78, 5) is 14.5. The van der Waals surface area contributed by atoms with Crippen molar-refractivity contribution >= 4 is 18.3 Å². The summed E-state index contributed by atoms with van der Waals surface area (Å²) in [6.07, 6.45) is 3.29. The lowest BCUT2D eigenvalue weighted by molar-refractivity contribution is -0.135. The number of benzene rings is 1. The lowest BCUT2D eigenvalue weighted by Crippen LogP contribution is -2.42. The largest absolute Gasteiger partial charge is 0.342 e. The van der Waals surface area contributed by atoms with Crippen LogP contribution in [0.25, 0.3) is 0 Å². The SMILES string of the molecule is Cl.O=C([C@@H]1CCCNC1)N1CCC(c2ccccc2)C1. The van der Waals surface area contributed by atoms with E-state index in [-0.39, 0.29) is 18.3 Å². The Balaban J connectivity index is 0.00000147. The van der Waals surface area contributed by atoms with Crippen LogP contribution < -0.4 is 5.32 Å². The van der Waals surface area contributed by atoms with E-state index in [1.54, 1.807) is 0 Å². The number of halogens is 1. The van der Waals surface area contributed by atoms with Crippen LogP contribution in [-0.2, 0) is 4.79 Å². The van der Waals surface area contributed by atoms with Crippen molar-refractivity contribution in [3.05, 3.63) is 35.9 Å². The smallest absolute Gasteiger partial charge is 0.226 e. The number of piperidine rings is 1. The van der Waals surface area contributed by atoms with Crippen molar-refractivity contribution in [3.8, 4) is 0 Å². The van der Waals surface area contributed by atoms with Crippen LogP contribution in [0.2, 0.25) is 0 Å². The molecule has 20 heavy (non-hydrogen) atoms. The van der Waals surface area contributed by atoms with Crippen molar-refractivity contribution in [2.45, 2.75) is 25.2 Å². The van der Waals surface area contributed by atoms with Crippen molar-refractivity contribution in [3.63, 3.8) is 0 Å². The summed E-state index contributed by atoms with van der Waals surface area (Å²) in [6, 6.07) is 10.6. The summed E-state index contributed by atoms with van der Waals surface area (Å²) in [5.74, 6) is 1.11. The van der Waals surface area contributed by atoms with Gasteiger partial charge in [-0.3, -0.25) is 4.79 Å². The number of hydrogen-bond acceptors (Lipinski definition) is 2. The van der Waals surface area contributed by atoms with Gasteiger partial charge in [-0.1, -0.05) is 30.3 Å². The summed E-state index contributed by atoms with van der Waals surface area (Å²) < 4.78 is 0. The molecular weight excluding hydrogens is 272 g/mol. The molecule has 0 saturated carbocycles. The Morgan fingerprint density at radius 1 is 1.20 bits per heavy atom. The zero-order chi connectivity index (χ0) is 13.1. The molecular formula is C16H23ClN2O. The highest BCUT2D eigenvalue weighted by molar-refractivity contribution is 5.85. The molecule has 3 nitrogen and oxygen atoms in total. The van der Waals surface area contributed by atoms with Gasteiger partial charge in [-0.25, -0.2) is 0 Å². The van der Waals surface area contributed by atoms with Gasteiger partial charge in [0.1, 0.15) is 0 Å². The first-order chi connectivity index (χ1) is 9.34. The molecule has 0 aromatic heterocycles. The van der Waals surface area contributed by atoms with Gasteiger partial charge in [-0.2, -0.15) is 0 Å². The van der Waals surface area contributed by atoms with Crippen LogP contribution in [0.4, 0.5) is 0 Å². The standard InChI is InChI=1S/C16H22N2O.ClH/c19-16(14-7-4-9-17-11-14)18-10-8-15(12-18)13-5-2-1-3-6-13;/h1-3,5-6,14-15,17H,4,7-12H2;1H/t14-,15?;/m1./s1. The maximum atomic E-state index is 12.5. The van der Waals surface area contributed by atoms with Gasteiger partial charge in [0.2, 0.25) is 5.91 Å². The Kier molecular flexibility index (Phi) is 5.44. The molecule has 1 N–H and O–H groups in total. The molecule has 2 atom stereocenters. The van der Waals surface area contributed by atoms with E-state index < -0.39 is 0 Å². The van der Waals surface area contributed by atoms with E-state index in [0.29, 0.717) is 11.8 Å². The van der Waals surface area contributed by atoms with Gasteiger partial charge in [0.05, 0.1) is 5.92 Å². The lowest BCUT2D eigenvalue weighted by atomic mass is 9.97. The molecule has 2 fully saturated rings. The number of hydrogen-bond donors (Lipinski definition) is 1. The minimum atomic E-state index is 0. The second-order valence-corrected chi connectivity index (χ2v) is 5.72. The monoisotopic (exact) mass is 294 g/mol. The molecule has 0 spiro atoms. The predicted molar refractivity (Wildman–Crippen MR) is 83.2 cm³/mol. The molecule has 0 radical (unpaired) electrons. The highest BCUT2D eigenvalue weighted by atomic mass is 35.5. The molecule has 2 saturated heterocycles. The molecule has 2 heterocycles. The van der Waals surface area contributed by atoms with Gasteiger partial charge >= 0.3 is 0 Å². The normalized spacial score (nSPS) is 26.1. The molecule has 2 aliphatic heterocycles. The van der Waals surface area contributed by atoms with E-state index in [2.05, 4.69) is 40.5 Å². The van der Waals surface area contributed by atoms with Crippen LogP contribution >= 0.6 is 12.4 Å². The fourth-order valence-corrected chi connectivity index (χ4v) is 3.28. The third-order valence-corrected chi connectivity index (χ3v) is 4.42. The van der Waals surface area contributed by atoms with Crippen molar-refractivity contribution in [2.75, 3.05) is 26.2 Å². The number of amides is 1. The second kappa shape index (κ2) is 7.09. The molecule has 0 bridgehead atoms. The quantitative estimate of drug-likeness (QED) is 0.908. The number of nitrogens with zero attached hydrogens (tertiary/aromatic N) is 1. The Morgan fingerprint density at radius 2 is 2.00 bits per heavy atom. The zero-order valence-corrected chi connectivity index (χ0v) is 12.6. The minimum Gasteiger partial charge on any atom is -0.342 e. The highest BCUT2D eigenvalue weighted by Gasteiger charge is 2.31. The number of carbonyl (C=O) groups is 1. The summed E-state index contributed by atoms with van der Waals surface area (Å²) in [6.45, 7) is 3.76. The molecule has 1 unspecified atom stereocenters. The molecule has 2 aliphatic rings. The first kappa shape index (κ1) is 15.3. The lowest BCUT2D eigenvalue weighted by Gasteiger charge is -2.27. The Morgan fingerprint density at radius 3 is 2.70 bits per heavy atom. The minimum absolute atomic E-state index is 0. The summed E-state index contributed by atoms with van der Waals surface area (Å²) in [5.41, 5.74) is 1.37. The Bertz CT molecular complexity index is 431. The maximum absolute atomic E-state index is 12.5. The number of carbonyl (C=O) groups excluding carboxylic acids is 1. The van der Waals surface area contributed by atoms with Gasteiger partial charge in [0.25, 0.3) is 0 Å². The van der Waals surface area contributed by atoms with Crippen LogP contribution in [-0.4, -0.2) is 37.0 Å². The van der Waals surface area contributed by atoms with E-state index in [9.17, 15) is 4.79 Å². The molecule has 1 aromatic rings. The van der Waals surface area contributed by atoms with Crippen LogP contribution in [0.15, 0.2) is 30.3 Å². The van der Waals surface area contributed by atoms with E-state index in [1.807, 2.05) is 0 Å². The third kappa shape index (κ3) is 3.33. The highest BCUT2D eigenvalue weighted by Crippen LogP contribution is 2.28. The first-order valence-corrected chi connectivity index (χ1v) is 7.39. The van der Waals surface area contributed by atoms with Gasteiger partial charge in [0.15, 0.2) is 0 Å². The zero-order valence-electron chi connectivity index (χ0n) is 11.8. The maximum Gasteiger partial charge on any atom is 0.226 e. The van der Waals surface area contributed by atoms with Gasteiger partial charge in [-0.05, 0) is 31.4 Å². The van der Waals surface area contributed by atoms with Crippen LogP contribution in [0.5, 0.6) is 0 Å². The Labute approximate surface area is 127 Å². The summed E-state index contributed by atoms with van der Waals surface area (Å²) in [7, 11) is 0. The molecule has 4 heteroatoms. The molecule has 1 aromatic carbocycles. The molecule has 3 rings (SSSR count). The van der Waals surface area contributed by atoms with Crippen molar-refractivity contribution < 1.29 is 4.79 Å². The number of rotatable bonds is 2. The van der Waals surface area contributed by atoms with Gasteiger partial charge in [0, 0.05) is 25.6 Å². The molecule has 0 aliphatic carbocycles.